The molecule has 2 saturated carbocycles. The van der Waals surface area contributed by atoms with Gasteiger partial charge in [-0.1, -0.05) is 13.3 Å². The van der Waals surface area contributed by atoms with Gasteiger partial charge in [0.15, 0.2) is 0 Å². The highest BCUT2D eigenvalue weighted by atomic mass is 32.2. The zero-order chi connectivity index (χ0) is 12.7. The monoisotopic (exact) mass is 259 g/mol. The van der Waals surface area contributed by atoms with E-state index in [9.17, 15) is 8.42 Å². The third kappa shape index (κ3) is 2.84. The first-order valence-electron chi connectivity index (χ1n) is 6.79. The summed E-state index contributed by atoms with van der Waals surface area (Å²) in [6.07, 6.45) is 8.51. The van der Waals surface area contributed by atoms with Gasteiger partial charge >= 0.3 is 0 Å². The van der Waals surface area contributed by atoms with E-state index in [4.69, 9.17) is 5.73 Å². The zero-order valence-electron chi connectivity index (χ0n) is 11.0. The SMILES string of the molecule is CC1CCC(N)(C2CCCC(S(C)(=O)=O)C2)C1. The molecule has 4 heteroatoms. The Kier molecular flexibility index (Phi) is 3.56. The van der Waals surface area contributed by atoms with Gasteiger partial charge in [-0.3, -0.25) is 0 Å². The highest BCUT2D eigenvalue weighted by molar-refractivity contribution is 7.91. The maximum absolute atomic E-state index is 11.7. The van der Waals surface area contributed by atoms with E-state index in [-0.39, 0.29) is 10.8 Å². The second kappa shape index (κ2) is 4.54. The van der Waals surface area contributed by atoms with Gasteiger partial charge in [0.05, 0.1) is 5.25 Å². The van der Waals surface area contributed by atoms with Crippen molar-refractivity contribution in [3.8, 4) is 0 Å². The van der Waals surface area contributed by atoms with Crippen molar-refractivity contribution >= 4 is 9.84 Å². The fraction of sp³-hybridized carbons (Fsp3) is 1.00. The van der Waals surface area contributed by atoms with Gasteiger partial charge in [0.2, 0.25) is 0 Å². The molecule has 0 bridgehead atoms. The van der Waals surface area contributed by atoms with Gasteiger partial charge < -0.3 is 5.73 Å². The molecule has 0 saturated heterocycles. The predicted molar refractivity (Wildman–Crippen MR) is 70.5 cm³/mol. The summed E-state index contributed by atoms with van der Waals surface area (Å²) in [5, 5.41) is -0.141. The Balaban J connectivity index is 2.07. The van der Waals surface area contributed by atoms with E-state index in [2.05, 4.69) is 6.92 Å². The van der Waals surface area contributed by atoms with Gasteiger partial charge in [-0.15, -0.1) is 0 Å². The van der Waals surface area contributed by atoms with Crippen LogP contribution in [0, 0.1) is 11.8 Å². The minimum absolute atomic E-state index is 0.0806. The average Bonchev–Trinajstić information content (AvgIpc) is 2.59. The number of hydrogen-bond acceptors (Lipinski definition) is 3. The van der Waals surface area contributed by atoms with E-state index >= 15 is 0 Å². The lowest BCUT2D eigenvalue weighted by Gasteiger charge is -2.39. The highest BCUT2D eigenvalue weighted by Crippen LogP contribution is 2.44. The van der Waals surface area contributed by atoms with Crippen LogP contribution in [0.4, 0.5) is 0 Å². The molecule has 17 heavy (non-hydrogen) atoms. The Labute approximate surface area is 105 Å². The van der Waals surface area contributed by atoms with Crippen LogP contribution in [0.5, 0.6) is 0 Å². The van der Waals surface area contributed by atoms with E-state index in [1.807, 2.05) is 0 Å². The van der Waals surface area contributed by atoms with E-state index in [0.717, 1.165) is 38.5 Å². The molecule has 4 unspecified atom stereocenters. The fourth-order valence-corrected chi connectivity index (χ4v) is 4.97. The summed E-state index contributed by atoms with van der Waals surface area (Å²) in [5.41, 5.74) is 6.45. The largest absolute Gasteiger partial charge is 0.325 e. The Bertz CT molecular complexity index is 379. The predicted octanol–water partition coefficient (Wildman–Crippen LogP) is 2.11. The molecule has 0 aliphatic heterocycles. The first-order valence-corrected chi connectivity index (χ1v) is 8.74. The first kappa shape index (κ1) is 13.3. The standard InChI is InChI=1S/C13H25NO2S/c1-10-6-7-13(14,9-10)11-4-3-5-12(8-11)17(2,15)16/h10-12H,3-9,14H2,1-2H3. The van der Waals surface area contributed by atoms with E-state index in [1.54, 1.807) is 0 Å². The summed E-state index contributed by atoms with van der Waals surface area (Å²) in [6, 6.07) is 0. The van der Waals surface area contributed by atoms with Crippen molar-refractivity contribution in [2.45, 2.75) is 62.7 Å². The smallest absolute Gasteiger partial charge is 0.150 e. The van der Waals surface area contributed by atoms with Gasteiger partial charge in [-0.25, -0.2) is 8.42 Å². The molecule has 0 aromatic carbocycles. The highest BCUT2D eigenvalue weighted by Gasteiger charge is 2.43. The maximum atomic E-state index is 11.7. The van der Waals surface area contributed by atoms with Crippen molar-refractivity contribution in [1.29, 1.82) is 0 Å². The van der Waals surface area contributed by atoms with E-state index in [0.29, 0.717) is 11.8 Å². The third-order valence-electron chi connectivity index (χ3n) is 4.88. The van der Waals surface area contributed by atoms with Crippen molar-refractivity contribution in [2.75, 3.05) is 6.26 Å². The van der Waals surface area contributed by atoms with Crippen molar-refractivity contribution in [1.82, 2.24) is 0 Å². The van der Waals surface area contributed by atoms with Gasteiger partial charge in [-0.2, -0.15) is 0 Å². The van der Waals surface area contributed by atoms with Crippen molar-refractivity contribution < 1.29 is 8.42 Å². The summed E-state index contributed by atoms with van der Waals surface area (Å²) in [5.74, 6) is 1.12. The molecule has 0 heterocycles. The van der Waals surface area contributed by atoms with Gasteiger partial charge in [0.25, 0.3) is 0 Å². The summed E-state index contributed by atoms with van der Waals surface area (Å²) >= 11 is 0. The topological polar surface area (TPSA) is 60.2 Å². The summed E-state index contributed by atoms with van der Waals surface area (Å²) in [6.45, 7) is 2.26. The first-order chi connectivity index (χ1) is 7.81. The number of nitrogens with two attached hydrogens (primary N) is 1. The van der Waals surface area contributed by atoms with Crippen LogP contribution in [0.2, 0.25) is 0 Å². The van der Waals surface area contributed by atoms with Crippen LogP contribution in [0.3, 0.4) is 0 Å². The molecule has 3 nitrogen and oxygen atoms in total. The second-order valence-corrected chi connectivity index (χ2v) is 8.72. The minimum Gasteiger partial charge on any atom is -0.325 e. The summed E-state index contributed by atoms with van der Waals surface area (Å²) < 4.78 is 23.3. The summed E-state index contributed by atoms with van der Waals surface area (Å²) in [4.78, 5) is 0. The maximum Gasteiger partial charge on any atom is 0.150 e. The van der Waals surface area contributed by atoms with Crippen molar-refractivity contribution in [2.24, 2.45) is 17.6 Å². The van der Waals surface area contributed by atoms with Crippen LogP contribution in [0.15, 0.2) is 0 Å². The van der Waals surface area contributed by atoms with E-state index in [1.165, 1.54) is 12.7 Å². The molecule has 0 aromatic rings. The Morgan fingerprint density at radius 1 is 1.24 bits per heavy atom. The van der Waals surface area contributed by atoms with Crippen LogP contribution < -0.4 is 5.73 Å². The van der Waals surface area contributed by atoms with Crippen molar-refractivity contribution in [3.63, 3.8) is 0 Å². The Morgan fingerprint density at radius 3 is 2.47 bits per heavy atom. The van der Waals surface area contributed by atoms with Crippen LogP contribution in [-0.2, 0) is 9.84 Å². The lowest BCUT2D eigenvalue weighted by Crippen LogP contribution is -2.48. The van der Waals surface area contributed by atoms with E-state index < -0.39 is 9.84 Å². The Hall–Kier alpha value is -0.0900. The number of sulfone groups is 1. The number of hydrogen-bond donors (Lipinski definition) is 1. The lowest BCUT2D eigenvalue weighted by molar-refractivity contribution is 0.206. The molecule has 0 spiro atoms. The zero-order valence-corrected chi connectivity index (χ0v) is 11.8. The molecule has 100 valence electrons. The van der Waals surface area contributed by atoms with Crippen LogP contribution in [-0.4, -0.2) is 25.5 Å². The molecular weight excluding hydrogens is 234 g/mol. The molecule has 2 fully saturated rings. The molecular formula is C13H25NO2S. The molecule has 2 rings (SSSR count). The average molecular weight is 259 g/mol. The number of rotatable bonds is 2. The summed E-state index contributed by atoms with van der Waals surface area (Å²) in [7, 11) is -2.88. The normalized spacial score (nSPS) is 43.8. The molecule has 4 atom stereocenters. The molecule has 0 radical (unpaired) electrons. The second-order valence-electron chi connectivity index (χ2n) is 6.40. The van der Waals surface area contributed by atoms with Gasteiger partial charge in [0, 0.05) is 11.8 Å². The Morgan fingerprint density at radius 2 is 1.94 bits per heavy atom. The van der Waals surface area contributed by atoms with Crippen LogP contribution in [0.25, 0.3) is 0 Å². The molecule has 2 aliphatic carbocycles. The van der Waals surface area contributed by atoms with Crippen LogP contribution in [0.1, 0.15) is 51.9 Å². The van der Waals surface area contributed by atoms with Crippen molar-refractivity contribution in [3.05, 3.63) is 0 Å². The molecule has 0 amide bonds. The fourth-order valence-electron chi connectivity index (χ4n) is 3.79. The van der Waals surface area contributed by atoms with Gasteiger partial charge in [-0.05, 0) is 50.4 Å². The molecule has 2 N–H and O–H groups in total. The van der Waals surface area contributed by atoms with Crippen LogP contribution >= 0.6 is 0 Å². The molecule has 2 aliphatic rings. The van der Waals surface area contributed by atoms with Gasteiger partial charge in [0.1, 0.15) is 9.84 Å². The third-order valence-corrected chi connectivity index (χ3v) is 6.51. The lowest BCUT2D eigenvalue weighted by atomic mass is 9.74. The minimum atomic E-state index is -2.88. The quantitative estimate of drug-likeness (QED) is 0.826. The molecule has 0 aromatic heterocycles.